The lowest BCUT2D eigenvalue weighted by atomic mass is 10.1. The predicted octanol–water partition coefficient (Wildman–Crippen LogP) is 3.73. The van der Waals surface area contributed by atoms with Crippen molar-refractivity contribution in [3.63, 3.8) is 0 Å². The number of imidazole rings is 1. The summed E-state index contributed by atoms with van der Waals surface area (Å²) in [6.45, 7) is 3.45. The van der Waals surface area contributed by atoms with Gasteiger partial charge < -0.3 is 14.6 Å². The molecule has 0 radical (unpaired) electrons. The van der Waals surface area contributed by atoms with Crippen molar-refractivity contribution in [3.8, 4) is 0 Å². The average molecular weight is 281 g/mol. The van der Waals surface area contributed by atoms with Crippen molar-refractivity contribution in [2.24, 2.45) is 0 Å². The molecule has 21 heavy (non-hydrogen) atoms. The van der Waals surface area contributed by atoms with Crippen LogP contribution in [0, 0.1) is 6.92 Å². The Morgan fingerprint density at radius 3 is 2.76 bits per heavy atom. The zero-order valence-electron chi connectivity index (χ0n) is 12.3. The van der Waals surface area contributed by atoms with Crippen LogP contribution in [0.4, 0.5) is 11.6 Å². The zero-order chi connectivity index (χ0) is 14.7. The Bertz CT molecular complexity index is 749. The summed E-state index contributed by atoms with van der Waals surface area (Å²) in [7, 11) is 1.71. The molecule has 3 aromatic rings. The molecule has 4 heteroatoms. The number of methoxy groups -OCH3 is 1. The minimum atomic E-state index is 0.669. The molecule has 4 nitrogen and oxygen atoms in total. The summed E-state index contributed by atoms with van der Waals surface area (Å²) in [6, 6.07) is 14.7. The van der Waals surface area contributed by atoms with Crippen LogP contribution in [0.25, 0.3) is 10.8 Å². The summed E-state index contributed by atoms with van der Waals surface area (Å²) in [5.41, 5.74) is 2.03. The number of nitrogens with one attached hydrogen (secondary N) is 1. The van der Waals surface area contributed by atoms with Gasteiger partial charge in [-0.25, -0.2) is 4.98 Å². The standard InChI is InChI=1S/C17H19N3O/c1-13-12-20(9-10-21-2)17(18-13)19-16-8-7-14-5-3-4-6-15(14)11-16/h3-8,11-12H,9-10H2,1-2H3,(H,18,19). The third-order valence-corrected chi connectivity index (χ3v) is 3.44. The molecule has 0 amide bonds. The monoisotopic (exact) mass is 281 g/mol. The van der Waals surface area contributed by atoms with Crippen molar-refractivity contribution in [2.75, 3.05) is 19.0 Å². The highest BCUT2D eigenvalue weighted by Gasteiger charge is 2.06. The topological polar surface area (TPSA) is 39.1 Å². The Balaban J connectivity index is 1.87. The average Bonchev–Trinajstić information content (AvgIpc) is 2.84. The Labute approximate surface area is 124 Å². The number of benzene rings is 2. The van der Waals surface area contributed by atoms with Gasteiger partial charge in [-0.05, 0) is 29.8 Å². The molecule has 1 N–H and O–H groups in total. The lowest BCUT2D eigenvalue weighted by molar-refractivity contribution is 0.188. The van der Waals surface area contributed by atoms with Crippen molar-refractivity contribution in [2.45, 2.75) is 13.5 Å². The van der Waals surface area contributed by atoms with Gasteiger partial charge in [0.1, 0.15) is 0 Å². The van der Waals surface area contributed by atoms with E-state index >= 15 is 0 Å². The van der Waals surface area contributed by atoms with E-state index in [0.29, 0.717) is 6.61 Å². The lowest BCUT2D eigenvalue weighted by Crippen LogP contribution is -2.07. The van der Waals surface area contributed by atoms with E-state index in [1.54, 1.807) is 7.11 Å². The van der Waals surface area contributed by atoms with Gasteiger partial charge in [0.25, 0.3) is 0 Å². The SMILES string of the molecule is COCCn1cc(C)nc1Nc1ccc2ccccc2c1. The van der Waals surface area contributed by atoms with Gasteiger partial charge in [-0.2, -0.15) is 0 Å². The van der Waals surface area contributed by atoms with Gasteiger partial charge in [-0.1, -0.05) is 30.3 Å². The number of fused-ring (bicyclic) bond motifs is 1. The Morgan fingerprint density at radius 2 is 1.95 bits per heavy atom. The molecular formula is C17H19N3O. The summed E-state index contributed by atoms with van der Waals surface area (Å²) in [4.78, 5) is 4.54. The number of rotatable bonds is 5. The van der Waals surface area contributed by atoms with Crippen molar-refractivity contribution in [1.29, 1.82) is 0 Å². The molecule has 1 heterocycles. The van der Waals surface area contributed by atoms with Gasteiger partial charge in [0.15, 0.2) is 0 Å². The fraction of sp³-hybridized carbons (Fsp3) is 0.235. The number of hydrogen-bond acceptors (Lipinski definition) is 3. The lowest BCUT2D eigenvalue weighted by Gasteiger charge is -2.10. The predicted molar refractivity (Wildman–Crippen MR) is 86.1 cm³/mol. The molecule has 0 bridgehead atoms. The van der Waals surface area contributed by atoms with Crippen LogP contribution < -0.4 is 5.32 Å². The zero-order valence-corrected chi connectivity index (χ0v) is 12.3. The van der Waals surface area contributed by atoms with E-state index in [0.717, 1.165) is 23.9 Å². The van der Waals surface area contributed by atoms with E-state index in [4.69, 9.17) is 4.74 Å². The molecule has 0 atom stereocenters. The Kier molecular flexibility index (Phi) is 3.88. The quantitative estimate of drug-likeness (QED) is 0.774. The van der Waals surface area contributed by atoms with Gasteiger partial charge in [0.05, 0.1) is 12.3 Å². The molecule has 3 rings (SSSR count). The summed E-state index contributed by atoms with van der Waals surface area (Å²) in [5, 5.41) is 5.85. The van der Waals surface area contributed by atoms with Crippen LogP contribution >= 0.6 is 0 Å². The largest absolute Gasteiger partial charge is 0.383 e. The molecule has 0 saturated heterocycles. The molecule has 0 saturated carbocycles. The van der Waals surface area contributed by atoms with Gasteiger partial charge in [0, 0.05) is 25.5 Å². The normalized spacial score (nSPS) is 11.0. The van der Waals surface area contributed by atoms with Gasteiger partial charge >= 0.3 is 0 Å². The summed E-state index contributed by atoms with van der Waals surface area (Å²) < 4.78 is 7.22. The first-order valence-electron chi connectivity index (χ1n) is 7.05. The van der Waals surface area contributed by atoms with Crippen molar-refractivity contribution >= 4 is 22.4 Å². The molecule has 0 aliphatic carbocycles. The first-order chi connectivity index (χ1) is 10.3. The number of anilines is 2. The Hall–Kier alpha value is -2.33. The summed E-state index contributed by atoms with van der Waals surface area (Å²) in [6.07, 6.45) is 2.03. The van der Waals surface area contributed by atoms with E-state index in [9.17, 15) is 0 Å². The van der Waals surface area contributed by atoms with Crippen LogP contribution in [0.1, 0.15) is 5.69 Å². The molecule has 0 aliphatic heterocycles. The van der Waals surface area contributed by atoms with E-state index in [2.05, 4.69) is 57.3 Å². The first kappa shape index (κ1) is 13.6. The molecule has 1 aromatic heterocycles. The van der Waals surface area contributed by atoms with E-state index in [-0.39, 0.29) is 0 Å². The molecule has 0 unspecified atom stereocenters. The van der Waals surface area contributed by atoms with Crippen molar-refractivity contribution in [3.05, 3.63) is 54.4 Å². The number of aromatic nitrogens is 2. The summed E-state index contributed by atoms with van der Waals surface area (Å²) in [5.74, 6) is 0.847. The van der Waals surface area contributed by atoms with Crippen LogP contribution in [-0.2, 0) is 11.3 Å². The molecule has 0 fully saturated rings. The highest BCUT2D eigenvalue weighted by Crippen LogP contribution is 2.22. The van der Waals surface area contributed by atoms with Crippen LogP contribution in [0.15, 0.2) is 48.7 Å². The van der Waals surface area contributed by atoms with Gasteiger partial charge in [0.2, 0.25) is 5.95 Å². The van der Waals surface area contributed by atoms with Crippen LogP contribution in [0.3, 0.4) is 0 Å². The van der Waals surface area contributed by atoms with Gasteiger partial charge in [-0.15, -0.1) is 0 Å². The van der Waals surface area contributed by atoms with Crippen LogP contribution in [0.5, 0.6) is 0 Å². The number of ether oxygens (including phenoxy) is 1. The first-order valence-corrected chi connectivity index (χ1v) is 7.05. The minimum Gasteiger partial charge on any atom is -0.383 e. The van der Waals surface area contributed by atoms with Crippen molar-refractivity contribution < 1.29 is 4.74 Å². The molecule has 0 spiro atoms. The maximum atomic E-state index is 5.14. The van der Waals surface area contributed by atoms with E-state index in [1.165, 1.54) is 10.8 Å². The Morgan fingerprint density at radius 1 is 1.14 bits per heavy atom. The maximum Gasteiger partial charge on any atom is 0.207 e. The fourth-order valence-electron chi connectivity index (χ4n) is 2.40. The fourth-order valence-corrected chi connectivity index (χ4v) is 2.40. The molecule has 2 aromatic carbocycles. The second kappa shape index (κ2) is 5.97. The van der Waals surface area contributed by atoms with Crippen LogP contribution in [0.2, 0.25) is 0 Å². The molecular weight excluding hydrogens is 262 g/mol. The third-order valence-electron chi connectivity index (χ3n) is 3.44. The maximum absolute atomic E-state index is 5.14. The molecule has 108 valence electrons. The number of hydrogen-bond donors (Lipinski definition) is 1. The van der Waals surface area contributed by atoms with Gasteiger partial charge in [-0.3, -0.25) is 0 Å². The smallest absolute Gasteiger partial charge is 0.207 e. The van der Waals surface area contributed by atoms with Crippen molar-refractivity contribution in [1.82, 2.24) is 9.55 Å². The molecule has 0 aliphatic rings. The third kappa shape index (κ3) is 3.06. The van der Waals surface area contributed by atoms with E-state index in [1.807, 2.05) is 13.1 Å². The number of nitrogens with zero attached hydrogens (tertiary/aromatic N) is 2. The second-order valence-corrected chi connectivity index (χ2v) is 5.08. The summed E-state index contributed by atoms with van der Waals surface area (Å²) >= 11 is 0. The van der Waals surface area contributed by atoms with E-state index < -0.39 is 0 Å². The van der Waals surface area contributed by atoms with Crippen LogP contribution in [-0.4, -0.2) is 23.3 Å². The minimum absolute atomic E-state index is 0.669. The second-order valence-electron chi connectivity index (χ2n) is 5.08. The highest BCUT2D eigenvalue weighted by atomic mass is 16.5. The highest BCUT2D eigenvalue weighted by molar-refractivity contribution is 5.86. The number of aryl methyl sites for hydroxylation is 1.